The summed E-state index contributed by atoms with van der Waals surface area (Å²) >= 11 is 0. The normalized spacial score (nSPS) is 9.69. The van der Waals surface area contributed by atoms with Gasteiger partial charge in [-0.3, -0.25) is 0 Å². The minimum Gasteiger partial charge on any atom is -0.481 e. The van der Waals surface area contributed by atoms with E-state index in [1.165, 1.54) is 0 Å². The number of methoxy groups -OCH3 is 1. The van der Waals surface area contributed by atoms with Crippen molar-refractivity contribution in [3.8, 4) is 5.88 Å². The lowest BCUT2D eigenvalue weighted by molar-refractivity contribution is 0.292. The number of rotatable bonds is 5. The fourth-order valence-corrected chi connectivity index (χ4v) is 0.917. The van der Waals surface area contributed by atoms with Crippen molar-refractivity contribution in [2.45, 2.75) is 6.42 Å². The fraction of sp³-hybridized carbons (Fsp3) is 0.444. The molecule has 0 aliphatic rings. The largest absolute Gasteiger partial charge is 0.481 e. The maximum absolute atomic E-state index is 8.55. The van der Waals surface area contributed by atoms with Crippen molar-refractivity contribution in [1.82, 2.24) is 4.98 Å². The molecule has 0 saturated heterocycles. The van der Waals surface area contributed by atoms with E-state index < -0.39 is 0 Å². The van der Waals surface area contributed by atoms with Crippen molar-refractivity contribution in [3.63, 3.8) is 0 Å². The second-order valence-corrected chi connectivity index (χ2v) is 2.59. The molecule has 72 valence electrons. The minimum absolute atomic E-state index is 0.205. The molecule has 1 aromatic rings. The molecule has 0 aliphatic heterocycles. The van der Waals surface area contributed by atoms with Gasteiger partial charge in [-0.05, 0) is 12.5 Å². The topological polar surface area (TPSA) is 54.4 Å². The smallest absolute Gasteiger partial charge is 0.213 e. The average molecular weight is 182 g/mol. The minimum atomic E-state index is 0.205. The molecule has 1 heterocycles. The summed E-state index contributed by atoms with van der Waals surface area (Å²) in [5.41, 5.74) is 0.939. The predicted molar refractivity (Wildman–Crippen MR) is 51.0 cm³/mol. The first-order valence-corrected chi connectivity index (χ1v) is 4.21. The van der Waals surface area contributed by atoms with Crippen LogP contribution in [0.4, 0.5) is 5.69 Å². The van der Waals surface area contributed by atoms with Crippen molar-refractivity contribution in [1.29, 1.82) is 0 Å². The molecule has 4 nitrogen and oxygen atoms in total. The van der Waals surface area contributed by atoms with Crippen LogP contribution in [0.5, 0.6) is 5.88 Å². The van der Waals surface area contributed by atoms with Crippen LogP contribution >= 0.6 is 0 Å². The predicted octanol–water partition coefficient (Wildman–Crippen LogP) is 0.884. The summed E-state index contributed by atoms with van der Waals surface area (Å²) in [4.78, 5) is 4.03. The molecule has 1 aromatic heterocycles. The van der Waals surface area contributed by atoms with Crippen LogP contribution in [0, 0.1) is 0 Å². The van der Waals surface area contributed by atoms with Gasteiger partial charge in [0.25, 0.3) is 0 Å². The summed E-state index contributed by atoms with van der Waals surface area (Å²) in [6.07, 6.45) is 2.45. The van der Waals surface area contributed by atoms with Gasteiger partial charge >= 0.3 is 0 Å². The molecule has 1 rings (SSSR count). The molecule has 0 amide bonds. The SMILES string of the molecule is COc1ccc(NCCCO)cn1. The standard InChI is InChI=1S/C9H14N2O2/c1-13-9-4-3-8(7-11-9)10-5-2-6-12/h3-4,7,10,12H,2,5-6H2,1H3. The Balaban J connectivity index is 2.40. The van der Waals surface area contributed by atoms with Gasteiger partial charge in [0.1, 0.15) is 0 Å². The molecule has 0 radical (unpaired) electrons. The fourth-order valence-electron chi connectivity index (χ4n) is 0.917. The third-order valence-corrected chi connectivity index (χ3v) is 1.61. The highest BCUT2D eigenvalue weighted by atomic mass is 16.5. The van der Waals surface area contributed by atoms with Crippen molar-refractivity contribution < 1.29 is 9.84 Å². The monoisotopic (exact) mass is 182 g/mol. The van der Waals surface area contributed by atoms with Gasteiger partial charge in [-0.2, -0.15) is 0 Å². The van der Waals surface area contributed by atoms with Gasteiger partial charge in [0.05, 0.1) is 19.0 Å². The zero-order valence-corrected chi connectivity index (χ0v) is 7.66. The summed E-state index contributed by atoms with van der Waals surface area (Å²) in [5.74, 6) is 0.604. The average Bonchev–Trinajstić information content (AvgIpc) is 2.19. The summed E-state index contributed by atoms with van der Waals surface area (Å²) in [7, 11) is 1.58. The molecule has 0 atom stereocenters. The van der Waals surface area contributed by atoms with Crippen molar-refractivity contribution in [2.24, 2.45) is 0 Å². The van der Waals surface area contributed by atoms with E-state index in [4.69, 9.17) is 9.84 Å². The Hall–Kier alpha value is -1.29. The summed E-state index contributed by atoms with van der Waals surface area (Å²) < 4.78 is 4.92. The highest BCUT2D eigenvalue weighted by molar-refractivity contribution is 5.41. The first-order chi connectivity index (χ1) is 6.36. The second kappa shape index (κ2) is 5.37. The van der Waals surface area contributed by atoms with Crippen molar-refractivity contribution in [2.75, 3.05) is 25.6 Å². The van der Waals surface area contributed by atoms with E-state index in [1.807, 2.05) is 6.07 Å². The maximum atomic E-state index is 8.55. The Labute approximate surface area is 77.6 Å². The number of pyridine rings is 1. The molecule has 2 N–H and O–H groups in total. The number of aliphatic hydroxyl groups is 1. The molecule has 0 spiro atoms. The lowest BCUT2D eigenvalue weighted by Crippen LogP contribution is -2.03. The number of hydrogen-bond acceptors (Lipinski definition) is 4. The molecule has 0 fully saturated rings. The number of hydrogen-bond donors (Lipinski definition) is 2. The number of anilines is 1. The molecular formula is C9H14N2O2. The van der Waals surface area contributed by atoms with Crippen LogP contribution in [0.3, 0.4) is 0 Å². The van der Waals surface area contributed by atoms with Crippen LogP contribution in [0.1, 0.15) is 6.42 Å². The van der Waals surface area contributed by atoms with Crippen molar-refractivity contribution >= 4 is 5.69 Å². The van der Waals surface area contributed by atoms with Gasteiger partial charge in [-0.1, -0.05) is 0 Å². The third kappa shape index (κ3) is 3.29. The van der Waals surface area contributed by atoms with E-state index in [9.17, 15) is 0 Å². The van der Waals surface area contributed by atoms with Gasteiger partial charge in [-0.25, -0.2) is 4.98 Å². The number of nitrogens with one attached hydrogen (secondary N) is 1. The van der Waals surface area contributed by atoms with Gasteiger partial charge in [0.2, 0.25) is 5.88 Å². The first-order valence-electron chi connectivity index (χ1n) is 4.21. The maximum Gasteiger partial charge on any atom is 0.213 e. The Morgan fingerprint density at radius 1 is 1.54 bits per heavy atom. The second-order valence-electron chi connectivity index (χ2n) is 2.59. The number of ether oxygens (including phenoxy) is 1. The third-order valence-electron chi connectivity index (χ3n) is 1.61. The zero-order valence-electron chi connectivity index (χ0n) is 7.66. The van der Waals surface area contributed by atoms with Gasteiger partial charge in [0.15, 0.2) is 0 Å². The summed E-state index contributed by atoms with van der Waals surface area (Å²) in [5, 5.41) is 11.7. The van der Waals surface area contributed by atoms with E-state index in [0.29, 0.717) is 5.88 Å². The lowest BCUT2D eigenvalue weighted by Gasteiger charge is -2.04. The van der Waals surface area contributed by atoms with E-state index in [2.05, 4.69) is 10.3 Å². The van der Waals surface area contributed by atoms with Crippen LogP contribution in [-0.4, -0.2) is 30.4 Å². The quantitative estimate of drug-likeness (QED) is 0.664. The Kier molecular flexibility index (Phi) is 4.05. The van der Waals surface area contributed by atoms with Gasteiger partial charge in [0, 0.05) is 19.2 Å². The molecule has 4 heteroatoms. The molecule has 0 aromatic carbocycles. The first kappa shape index (κ1) is 9.80. The number of aromatic nitrogens is 1. The van der Waals surface area contributed by atoms with Crippen molar-refractivity contribution in [3.05, 3.63) is 18.3 Å². The van der Waals surface area contributed by atoms with Crippen LogP contribution < -0.4 is 10.1 Å². The highest BCUT2D eigenvalue weighted by Crippen LogP contribution is 2.10. The molecule has 0 unspecified atom stereocenters. The summed E-state index contributed by atoms with van der Waals surface area (Å²) in [6.45, 7) is 0.959. The Bertz CT molecular complexity index is 236. The molecule has 0 aliphatic carbocycles. The van der Waals surface area contributed by atoms with Gasteiger partial charge < -0.3 is 15.2 Å². The van der Waals surface area contributed by atoms with E-state index in [0.717, 1.165) is 18.7 Å². The lowest BCUT2D eigenvalue weighted by atomic mass is 10.4. The van der Waals surface area contributed by atoms with E-state index in [1.54, 1.807) is 19.4 Å². The Morgan fingerprint density at radius 3 is 2.92 bits per heavy atom. The van der Waals surface area contributed by atoms with E-state index >= 15 is 0 Å². The van der Waals surface area contributed by atoms with Crippen LogP contribution in [0.2, 0.25) is 0 Å². The Morgan fingerprint density at radius 2 is 2.38 bits per heavy atom. The molecule has 0 bridgehead atoms. The van der Waals surface area contributed by atoms with Gasteiger partial charge in [-0.15, -0.1) is 0 Å². The zero-order chi connectivity index (χ0) is 9.52. The molecule has 13 heavy (non-hydrogen) atoms. The number of nitrogens with zero attached hydrogens (tertiary/aromatic N) is 1. The van der Waals surface area contributed by atoms with Crippen LogP contribution in [0.25, 0.3) is 0 Å². The number of aliphatic hydroxyl groups excluding tert-OH is 1. The summed E-state index contributed by atoms with van der Waals surface area (Å²) in [6, 6.07) is 3.69. The van der Waals surface area contributed by atoms with E-state index in [-0.39, 0.29) is 6.61 Å². The van der Waals surface area contributed by atoms with Crippen LogP contribution in [-0.2, 0) is 0 Å². The van der Waals surface area contributed by atoms with Crippen LogP contribution in [0.15, 0.2) is 18.3 Å². The molecule has 0 saturated carbocycles. The molecular weight excluding hydrogens is 168 g/mol. The highest BCUT2D eigenvalue weighted by Gasteiger charge is 1.93.